The molecule has 4 rings (SSSR count). The fourth-order valence-electron chi connectivity index (χ4n) is 3.69. The third-order valence-electron chi connectivity index (χ3n) is 5.84. The molecule has 150 valence electrons. The molecule has 0 aliphatic carbocycles. The van der Waals surface area contributed by atoms with E-state index in [4.69, 9.17) is 9.97 Å². The number of H-pyrrole nitrogens is 1. The number of nitrogens with one attached hydrogen (secondary N) is 2. The maximum atomic E-state index is 4.88. The standard InChI is InChI=1S/C24H29N5/c1-5-16(3)21-15-29-22(17(4)6-2)14-27-24(29)23(28-21)25-12-11-18-13-26-20-10-8-7-9-19(18)20/h5,7-10,13-15,17,26H,6,11-12H2,1-4H3,(H,25,28)/b16-5+. The first-order valence-corrected chi connectivity index (χ1v) is 10.4. The van der Waals surface area contributed by atoms with Crippen molar-refractivity contribution in [2.24, 2.45) is 0 Å². The summed E-state index contributed by atoms with van der Waals surface area (Å²) in [5.74, 6) is 1.29. The van der Waals surface area contributed by atoms with Crippen LogP contribution in [-0.4, -0.2) is 25.9 Å². The molecule has 0 fully saturated rings. The second-order valence-corrected chi connectivity index (χ2v) is 7.67. The van der Waals surface area contributed by atoms with Crippen LogP contribution in [-0.2, 0) is 6.42 Å². The minimum atomic E-state index is 0.449. The number of benzene rings is 1. The first-order chi connectivity index (χ1) is 14.1. The van der Waals surface area contributed by atoms with Crippen molar-refractivity contribution < 1.29 is 0 Å². The van der Waals surface area contributed by atoms with E-state index in [1.165, 1.54) is 22.2 Å². The fraction of sp³-hybridized carbons (Fsp3) is 0.333. The van der Waals surface area contributed by atoms with E-state index >= 15 is 0 Å². The Morgan fingerprint density at radius 2 is 2.14 bits per heavy atom. The van der Waals surface area contributed by atoms with Gasteiger partial charge in [-0.2, -0.15) is 0 Å². The molecule has 0 saturated heterocycles. The van der Waals surface area contributed by atoms with Crippen molar-refractivity contribution >= 4 is 27.9 Å². The smallest absolute Gasteiger partial charge is 0.180 e. The summed E-state index contributed by atoms with van der Waals surface area (Å²) in [5, 5.41) is 4.83. The van der Waals surface area contributed by atoms with Gasteiger partial charge in [-0.1, -0.05) is 38.1 Å². The number of hydrogen-bond donors (Lipinski definition) is 2. The molecule has 0 spiro atoms. The Morgan fingerprint density at radius 1 is 1.31 bits per heavy atom. The minimum Gasteiger partial charge on any atom is -0.367 e. The number of aromatic nitrogens is 4. The molecule has 4 aromatic rings. The molecular formula is C24H29N5. The molecule has 3 aromatic heterocycles. The third-order valence-corrected chi connectivity index (χ3v) is 5.84. The zero-order valence-electron chi connectivity index (χ0n) is 17.7. The van der Waals surface area contributed by atoms with Crippen LogP contribution < -0.4 is 5.32 Å². The van der Waals surface area contributed by atoms with Gasteiger partial charge in [-0.05, 0) is 49.8 Å². The van der Waals surface area contributed by atoms with Crippen molar-refractivity contribution in [1.82, 2.24) is 19.4 Å². The van der Waals surface area contributed by atoms with Gasteiger partial charge in [-0.25, -0.2) is 9.97 Å². The lowest BCUT2D eigenvalue weighted by molar-refractivity contribution is 0.699. The second kappa shape index (κ2) is 8.11. The summed E-state index contributed by atoms with van der Waals surface area (Å²) < 4.78 is 2.21. The number of imidazole rings is 1. The Balaban J connectivity index is 1.64. The van der Waals surface area contributed by atoms with Crippen LogP contribution in [0, 0.1) is 0 Å². The van der Waals surface area contributed by atoms with E-state index in [0.717, 1.165) is 42.1 Å². The lowest BCUT2D eigenvalue weighted by atomic mass is 10.1. The summed E-state index contributed by atoms with van der Waals surface area (Å²) in [6.45, 7) is 9.41. The summed E-state index contributed by atoms with van der Waals surface area (Å²) >= 11 is 0. The number of fused-ring (bicyclic) bond motifs is 2. The number of hydrogen-bond acceptors (Lipinski definition) is 3. The first-order valence-electron chi connectivity index (χ1n) is 10.4. The molecule has 0 aliphatic rings. The Morgan fingerprint density at radius 3 is 2.93 bits per heavy atom. The summed E-state index contributed by atoms with van der Waals surface area (Å²) in [7, 11) is 0. The second-order valence-electron chi connectivity index (χ2n) is 7.67. The third kappa shape index (κ3) is 3.65. The van der Waals surface area contributed by atoms with Crippen molar-refractivity contribution in [2.75, 3.05) is 11.9 Å². The van der Waals surface area contributed by atoms with Crippen LogP contribution in [0.5, 0.6) is 0 Å². The highest BCUT2D eigenvalue weighted by Crippen LogP contribution is 2.26. The molecule has 1 unspecified atom stereocenters. The van der Waals surface area contributed by atoms with Gasteiger partial charge in [0.2, 0.25) is 0 Å². The predicted octanol–water partition coefficient (Wildman–Crippen LogP) is 5.80. The summed E-state index contributed by atoms with van der Waals surface area (Å²) in [6.07, 6.45) is 10.3. The zero-order chi connectivity index (χ0) is 20.4. The predicted molar refractivity (Wildman–Crippen MR) is 122 cm³/mol. The van der Waals surface area contributed by atoms with Crippen LogP contribution in [0.3, 0.4) is 0 Å². The molecule has 1 aromatic carbocycles. The van der Waals surface area contributed by atoms with Crippen LogP contribution in [0.25, 0.3) is 22.1 Å². The Labute approximate surface area is 171 Å². The Bertz CT molecular complexity index is 1160. The van der Waals surface area contributed by atoms with E-state index in [9.17, 15) is 0 Å². The molecule has 0 amide bonds. The number of aromatic amines is 1. The lowest BCUT2D eigenvalue weighted by Gasteiger charge is -2.13. The van der Waals surface area contributed by atoms with E-state index in [-0.39, 0.29) is 0 Å². The normalized spacial score (nSPS) is 13.3. The zero-order valence-corrected chi connectivity index (χ0v) is 17.7. The molecule has 0 aliphatic heterocycles. The minimum absolute atomic E-state index is 0.449. The summed E-state index contributed by atoms with van der Waals surface area (Å²) in [6, 6.07) is 8.43. The topological polar surface area (TPSA) is 58.0 Å². The van der Waals surface area contributed by atoms with Gasteiger partial charge < -0.3 is 10.3 Å². The highest BCUT2D eigenvalue weighted by molar-refractivity contribution is 5.83. The van der Waals surface area contributed by atoms with Gasteiger partial charge in [0.1, 0.15) is 0 Å². The molecule has 5 nitrogen and oxygen atoms in total. The van der Waals surface area contributed by atoms with E-state index in [1.54, 1.807) is 0 Å². The SMILES string of the molecule is C/C=C(\C)c1cn2c(C(C)CC)cnc2c(NCCc2c[nH]c3ccccc23)n1. The van der Waals surface area contributed by atoms with Crippen LogP contribution in [0.4, 0.5) is 5.82 Å². The number of nitrogens with zero attached hydrogens (tertiary/aromatic N) is 3. The van der Waals surface area contributed by atoms with E-state index < -0.39 is 0 Å². The number of anilines is 1. The average molecular weight is 388 g/mol. The van der Waals surface area contributed by atoms with Gasteiger partial charge in [0, 0.05) is 41.7 Å². The quantitative estimate of drug-likeness (QED) is 0.421. The van der Waals surface area contributed by atoms with Gasteiger partial charge in [0.15, 0.2) is 11.5 Å². The van der Waals surface area contributed by atoms with Crippen molar-refractivity contribution in [1.29, 1.82) is 0 Å². The molecule has 0 bridgehead atoms. The molecule has 1 atom stereocenters. The maximum Gasteiger partial charge on any atom is 0.180 e. The van der Waals surface area contributed by atoms with Crippen molar-refractivity contribution in [2.45, 2.75) is 46.5 Å². The maximum absolute atomic E-state index is 4.88. The van der Waals surface area contributed by atoms with Crippen molar-refractivity contribution in [3.8, 4) is 0 Å². The monoisotopic (exact) mass is 387 g/mol. The van der Waals surface area contributed by atoms with Gasteiger partial charge in [-0.15, -0.1) is 0 Å². The summed E-state index contributed by atoms with van der Waals surface area (Å²) in [5.41, 5.74) is 6.77. The van der Waals surface area contributed by atoms with E-state index in [1.807, 2.05) is 6.20 Å². The van der Waals surface area contributed by atoms with E-state index in [0.29, 0.717) is 5.92 Å². The molecule has 0 saturated carbocycles. The molecule has 0 radical (unpaired) electrons. The highest BCUT2D eigenvalue weighted by Gasteiger charge is 2.15. The molecule has 5 heteroatoms. The first kappa shape index (κ1) is 19.2. The number of allylic oxidation sites excluding steroid dienone is 2. The average Bonchev–Trinajstić information content (AvgIpc) is 3.37. The van der Waals surface area contributed by atoms with Gasteiger partial charge in [0.05, 0.1) is 5.69 Å². The van der Waals surface area contributed by atoms with Crippen LogP contribution in [0.1, 0.15) is 57.0 Å². The molecule has 2 N–H and O–H groups in total. The van der Waals surface area contributed by atoms with Crippen LogP contribution >= 0.6 is 0 Å². The lowest BCUT2D eigenvalue weighted by Crippen LogP contribution is -2.10. The summed E-state index contributed by atoms with van der Waals surface area (Å²) in [4.78, 5) is 12.9. The number of para-hydroxylation sites is 1. The Hall–Kier alpha value is -3.08. The van der Waals surface area contributed by atoms with Gasteiger partial charge >= 0.3 is 0 Å². The highest BCUT2D eigenvalue weighted by atomic mass is 15.1. The van der Waals surface area contributed by atoms with E-state index in [2.05, 4.69) is 85.1 Å². The fourth-order valence-corrected chi connectivity index (χ4v) is 3.69. The molecule has 29 heavy (non-hydrogen) atoms. The van der Waals surface area contributed by atoms with Gasteiger partial charge in [-0.3, -0.25) is 4.40 Å². The number of rotatable bonds is 7. The Kier molecular flexibility index (Phi) is 5.38. The van der Waals surface area contributed by atoms with Crippen LogP contribution in [0.15, 0.2) is 48.9 Å². The largest absolute Gasteiger partial charge is 0.367 e. The molecule has 3 heterocycles. The van der Waals surface area contributed by atoms with Crippen molar-refractivity contribution in [3.05, 3.63) is 65.9 Å². The van der Waals surface area contributed by atoms with Gasteiger partial charge in [0.25, 0.3) is 0 Å². The van der Waals surface area contributed by atoms with Crippen LogP contribution in [0.2, 0.25) is 0 Å². The van der Waals surface area contributed by atoms with Crippen molar-refractivity contribution in [3.63, 3.8) is 0 Å². The molecular weight excluding hydrogens is 358 g/mol.